The molecule has 342 valence electrons. The topological polar surface area (TPSA) is 34.2 Å². The second-order valence-corrected chi connectivity index (χ2v) is 17.3. The minimum Gasteiger partial charge on any atom is -0.510 e. The van der Waals surface area contributed by atoms with Crippen molar-refractivity contribution in [3.05, 3.63) is 261 Å². The van der Waals surface area contributed by atoms with Crippen LogP contribution in [0.3, 0.4) is 0 Å². The maximum Gasteiger partial charge on any atom is 0.268 e. The Labute approximate surface area is 438 Å². The molecular weight excluding hydrogens is 1040 g/mol. The zero-order chi connectivity index (χ0) is 55.4. The first kappa shape index (κ1) is 35.1. The molecule has 0 atom stereocenters. The molecule has 2 heterocycles. The number of pyridine rings is 1. The zero-order valence-corrected chi connectivity index (χ0v) is 40.5. The van der Waals surface area contributed by atoms with Gasteiger partial charge in [-0.3, -0.25) is 4.57 Å². The van der Waals surface area contributed by atoms with Crippen molar-refractivity contribution >= 4 is 28.2 Å². The standard InChI is InChI=1S/C64H48N4O.Pt/c1-64(2,3)50-40-41-65-61(42-50)68(63-57(48-26-12-6-13-27-48)36-21-37-58(63)49-28-14-7-15-29-49)52-31-19-33-54(44-52)69-53-32-18-30-51(43-53)66-45-67(60-39-17-16-38-59(60)66)62-55(46-22-8-4-9-23-46)34-20-35-56(62)47-24-10-5-11-25-47;/h4-42H,1-3H3;/q-2;/i4D,5D,8D,9D,10D,11D,22D,23D,24D,25D;. The summed E-state index contributed by atoms with van der Waals surface area (Å²) in [6, 6.07) is 55.9. The molecule has 0 saturated heterocycles. The van der Waals surface area contributed by atoms with Crippen LogP contribution in [0.2, 0.25) is 0 Å². The predicted molar refractivity (Wildman–Crippen MR) is 281 cm³/mol. The summed E-state index contributed by atoms with van der Waals surface area (Å²) in [7, 11) is 0. The van der Waals surface area contributed by atoms with Gasteiger partial charge in [-0.05, 0) is 62.2 Å². The quantitative estimate of drug-likeness (QED) is 0.0956. The van der Waals surface area contributed by atoms with Crippen molar-refractivity contribution in [2.45, 2.75) is 26.2 Å². The summed E-state index contributed by atoms with van der Waals surface area (Å²) in [6.45, 7) is 6.52. The first-order valence-corrected chi connectivity index (χ1v) is 22.5. The van der Waals surface area contributed by atoms with Gasteiger partial charge in [0.25, 0.3) is 6.33 Å². The van der Waals surface area contributed by atoms with E-state index in [4.69, 9.17) is 23.4 Å². The van der Waals surface area contributed by atoms with Crippen LogP contribution in [0.25, 0.3) is 66.9 Å². The smallest absolute Gasteiger partial charge is 0.268 e. The molecule has 11 aromatic rings. The fourth-order valence-corrected chi connectivity index (χ4v) is 8.58. The molecule has 11 rings (SSSR count). The molecule has 9 aromatic carbocycles. The summed E-state index contributed by atoms with van der Waals surface area (Å²) >= 11 is 0. The average Bonchev–Trinajstić information content (AvgIpc) is 3.97. The van der Waals surface area contributed by atoms with Crippen molar-refractivity contribution in [1.29, 1.82) is 0 Å². The summed E-state index contributed by atoms with van der Waals surface area (Å²) < 4.78 is 97.5. The minimum atomic E-state index is -0.578. The van der Waals surface area contributed by atoms with Gasteiger partial charge in [0, 0.05) is 49.9 Å². The number of ether oxygens (including phenoxy) is 1. The molecule has 0 saturated carbocycles. The Balaban J connectivity index is 0.00000720. The van der Waals surface area contributed by atoms with Gasteiger partial charge in [-0.2, -0.15) is 18.2 Å². The van der Waals surface area contributed by atoms with Crippen molar-refractivity contribution in [3.63, 3.8) is 0 Å². The third-order valence-corrected chi connectivity index (χ3v) is 11.8. The number of anilines is 3. The van der Waals surface area contributed by atoms with Crippen LogP contribution in [0.1, 0.15) is 40.0 Å². The van der Waals surface area contributed by atoms with E-state index in [1.807, 2.05) is 97.2 Å². The van der Waals surface area contributed by atoms with Crippen LogP contribution >= 0.6 is 0 Å². The minimum absolute atomic E-state index is 0. The SMILES string of the molecule is [2H]c1c([2H])c([2H])c(-c2cccc(-c3c([2H])c([2H])c([2H])c([2H])c3[2H])c2-[n+]2[c-]n(-c3[c-]c(Oc4[c-]c(N(c5cc(C(C)(C)C)ccn5)c5c(-c6ccccc6)cccc5-c5ccccc5)ccc4)ccc3)c3ccccc32)c([2H])c1[2H].[Pt]. The van der Waals surface area contributed by atoms with Gasteiger partial charge in [-0.25, -0.2) is 4.98 Å². The molecule has 0 spiro atoms. The Morgan fingerprint density at radius 1 is 0.557 bits per heavy atom. The van der Waals surface area contributed by atoms with Crippen molar-refractivity contribution in [2.24, 2.45) is 0 Å². The monoisotopic (exact) mass is 1090 g/mol. The van der Waals surface area contributed by atoms with Crippen LogP contribution in [0.4, 0.5) is 17.2 Å². The Kier molecular flexibility index (Phi) is 9.94. The van der Waals surface area contributed by atoms with Gasteiger partial charge in [0.05, 0.1) is 36.1 Å². The largest absolute Gasteiger partial charge is 0.510 e. The molecule has 0 N–H and O–H groups in total. The van der Waals surface area contributed by atoms with Gasteiger partial charge in [0.2, 0.25) is 0 Å². The van der Waals surface area contributed by atoms with E-state index in [0.717, 1.165) is 33.5 Å². The van der Waals surface area contributed by atoms with Crippen LogP contribution in [-0.2, 0) is 26.5 Å². The molecule has 5 nitrogen and oxygen atoms in total. The molecule has 0 aliphatic heterocycles. The van der Waals surface area contributed by atoms with Crippen molar-refractivity contribution in [3.8, 4) is 67.4 Å². The molecule has 0 bridgehead atoms. The van der Waals surface area contributed by atoms with E-state index in [1.165, 1.54) is 0 Å². The number of nitrogens with zero attached hydrogens (tertiary/aromatic N) is 4. The first-order chi connectivity index (χ1) is 38.0. The Hall–Kier alpha value is -8.11. The van der Waals surface area contributed by atoms with Crippen LogP contribution < -0.4 is 14.2 Å². The third-order valence-electron chi connectivity index (χ3n) is 11.8. The number of benzene rings is 9. The van der Waals surface area contributed by atoms with Crippen molar-refractivity contribution in [1.82, 2.24) is 9.55 Å². The van der Waals surface area contributed by atoms with Crippen LogP contribution in [0.5, 0.6) is 11.5 Å². The van der Waals surface area contributed by atoms with Crippen LogP contribution in [0, 0.1) is 18.5 Å². The average molecular weight is 1090 g/mol. The summed E-state index contributed by atoms with van der Waals surface area (Å²) in [5.41, 5.74) is 8.18. The van der Waals surface area contributed by atoms with Crippen LogP contribution in [0.15, 0.2) is 236 Å². The van der Waals surface area contributed by atoms with Crippen molar-refractivity contribution < 1.29 is 44.1 Å². The van der Waals surface area contributed by atoms with Gasteiger partial charge in [-0.1, -0.05) is 208 Å². The van der Waals surface area contributed by atoms with Gasteiger partial charge >= 0.3 is 0 Å². The number of fused-ring (bicyclic) bond motifs is 1. The van der Waals surface area contributed by atoms with E-state index >= 15 is 0 Å². The molecule has 0 radical (unpaired) electrons. The van der Waals surface area contributed by atoms with E-state index in [1.54, 1.807) is 39.5 Å². The van der Waals surface area contributed by atoms with E-state index < -0.39 is 60.4 Å². The number of rotatable bonds is 11. The van der Waals surface area contributed by atoms with Gasteiger partial charge < -0.3 is 14.2 Å². The number of aromatic nitrogens is 3. The molecule has 0 aliphatic carbocycles. The number of hydrogen-bond donors (Lipinski definition) is 0. The molecular formula is C64H48N4OPt-2. The Bertz CT molecular complexity index is 3980. The summed E-state index contributed by atoms with van der Waals surface area (Å²) in [5.74, 6) is 1.40. The maximum atomic E-state index is 9.07. The van der Waals surface area contributed by atoms with Crippen molar-refractivity contribution in [2.75, 3.05) is 4.90 Å². The van der Waals surface area contributed by atoms with Gasteiger partial charge in [0.1, 0.15) is 5.82 Å². The second kappa shape index (κ2) is 19.9. The fraction of sp³-hybridized carbons (Fsp3) is 0.0625. The van der Waals surface area contributed by atoms with E-state index in [0.29, 0.717) is 39.7 Å². The number of para-hydroxylation sites is 4. The summed E-state index contributed by atoms with van der Waals surface area (Å²) in [6.07, 6.45) is 5.27. The zero-order valence-electron chi connectivity index (χ0n) is 48.3. The summed E-state index contributed by atoms with van der Waals surface area (Å²) in [4.78, 5) is 7.16. The normalized spacial score (nSPS) is 13.2. The molecule has 0 fully saturated rings. The molecule has 0 aliphatic rings. The maximum absolute atomic E-state index is 9.07. The van der Waals surface area contributed by atoms with Crippen LogP contribution in [-0.4, -0.2) is 9.55 Å². The second-order valence-electron chi connectivity index (χ2n) is 17.3. The molecule has 0 unspecified atom stereocenters. The number of imidazole rings is 1. The molecule has 2 aromatic heterocycles. The van der Waals surface area contributed by atoms with Gasteiger partial charge in [0.15, 0.2) is 0 Å². The summed E-state index contributed by atoms with van der Waals surface area (Å²) in [5, 5.41) is 0. The molecule has 0 amide bonds. The number of hydrogen-bond acceptors (Lipinski definition) is 3. The molecule has 6 heteroatoms. The van der Waals surface area contributed by atoms with Gasteiger partial charge in [-0.15, -0.1) is 30.3 Å². The van der Waals surface area contributed by atoms with E-state index in [2.05, 4.69) is 92.7 Å². The fourth-order valence-electron chi connectivity index (χ4n) is 8.58. The predicted octanol–water partition coefficient (Wildman–Crippen LogP) is 15.9. The molecule has 70 heavy (non-hydrogen) atoms. The van der Waals surface area contributed by atoms with E-state index in [9.17, 15) is 0 Å². The van der Waals surface area contributed by atoms with E-state index in [-0.39, 0.29) is 54.4 Å². The Morgan fingerprint density at radius 3 is 1.71 bits per heavy atom. The third kappa shape index (κ3) is 9.12. The first-order valence-electron chi connectivity index (χ1n) is 27.5. The Morgan fingerprint density at radius 2 is 1.10 bits per heavy atom.